The molecule has 26 heavy (non-hydrogen) atoms. The minimum atomic E-state index is -4.49. The minimum Gasteiger partial charge on any atom is -0.379 e. The largest absolute Gasteiger partial charge is 0.416 e. The van der Waals surface area contributed by atoms with Crippen LogP contribution in [0.15, 0.2) is 29.2 Å². The Morgan fingerprint density at radius 1 is 1.00 bits per heavy atom. The summed E-state index contributed by atoms with van der Waals surface area (Å²) in [5.41, 5.74) is -0.884. The lowest BCUT2D eigenvalue weighted by Crippen LogP contribution is -2.34. The monoisotopic (exact) mass is 394 g/mol. The molecule has 1 aromatic rings. The van der Waals surface area contributed by atoms with Gasteiger partial charge in [-0.15, -0.1) is 0 Å². The molecule has 1 saturated carbocycles. The first-order valence-electron chi connectivity index (χ1n) is 8.77. The Morgan fingerprint density at radius 2 is 1.62 bits per heavy atom. The molecule has 0 atom stereocenters. The number of sulfonamides is 1. The summed E-state index contributed by atoms with van der Waals surface area (Å²) in [4.78, 5) is -0.204. The highest BCUT2D eigenvalue weighted by Gasteiger charge is 2.30. The van der Waals surface area contributed by atoms with Gasteiger partial charge >= 0.3 is 6.18 Å². The molecule has 0 amide bonds. The van der Waals surface area contributed by atoms with E-state index >= 15 is 0 Å². The quantitative estimate of drug-likeness (QED) is 0.632. The predicted molar refractivity (Wildman–Crippen MR) is 92.3 cm³/mol. The Bertz CT molecular complexity index is 642. The van der Waals surface area contributed by atoms with E-state index in [4.69, 9.17) is 4.74 Å². The fraction of sp³-hybridized carbons (Fsp3) is 0.647. The van der Waals surface area contributed by atoms with Gasteiger partial charge in [0, 0.05) is 19.1 Å². The molecule has 0 saturated heterocycles. The molecule has 1 aromatic carbocycles. The van der Waals surface area contributed by atoms with Gasteiger partial charge in [0.1, 0.15) is 0 Å². The van der Waals surface area contributed by atoms with Gasteiger partial charge in [-0.25, -0.2) is 13.1 Å². The second kappa shape index (κ2) is 9.68. The Labute approximate surface area is 152 Å². The predicted octanol–water partition coefficient (Wildman–Crippen LogP) is 2.92. The van der Waals surface area contributed by atoms with Gasteiger partial charge in [-0.3, -0.25) is 0 Å². The molecule has 0 aliphatic heterocycles. The van der Waals surface area contributed by atoms with E-state index < -0.39 is 21.8 Å². The van der Waals surface area contributed by atoms with Crippen LogP contribution in [0, 0.1) is 0 Å². The van der Waals surface area contributed by atoms with Gasteiger partial charge in [-0.1, -0.05) is 19.3 Å². The van der Waals surface area contributed by atoms with E-state index in [9.17, 15) is 21.6 Å². The molecule has 0 bridgehead atoms. The molecule has 5 nitrogen and oxygen atoms in total. The lowest BCUT2D eigenvalue weighted by atomic mass is 9.96. The van der Waals surface area contributed by atoms with Crippen molar-refractivity contribution in [3.05, 3.63) is 29.8 Å². The van der Waals surface area contributed by atoms with Crippen LogP contribution < -0.4 is 10.0 Å². The summed E-state index contributed by atoms with van der Waals surface area (Å²) in [6.45, 7) is 1.47. The number of rotatable bonds is 9. The van der Waals surface area contributed by atoms with Gasteiger partial charge in [-0.05, 0) is 37.1 Å². The number of hydrogen-bond donors (Lipinski definition) is 2. The molecule has 0 radical (unpaired) electrons. The summed E-state index contributed by atoms with van der Waals surface area (Å²) in [7, 11) is -3.85. The van der Waals surface area contributed by atoms with Gasteiger partial charge in [-0.2, -0.15) is 13.2 Å². The van der Waals surface area contributed by atoms with Crippen LogP contribution in [0.4, 0.5) is 13.2 Å². The molecule has 9 heteroatoms. The molecule has 0 aromatic heterocycles. The molecule has 2 rings (SSSR count). The summed E-state index contributed by atoms with van der Waals surface area (Å²) < 4.78 is 69.3. The number of ether oxygens (including phenoxy) is 1. The molecule has 2 N–H and O–H groups in total. The van der Waals surface area contributed by atoms with Crippen molar-refractivity contribution in [3.63, 3.8) is 0 Å². The van der Waals surface area contributed by atoms with Crippen LogP contribution in [0.3, 0.4) is 0 Å². The van der Waals surface area contributed by atoms with Crippen molar-refractivity contribution in [3.8, 4) is 0 Å². The average Bonchev–Trinajstić information content (AvgIpc) is 2.61. The SMILES string of the molecule is O=S(=O)(NCCOCCNC1CCCCC1)c1ccc(C(F)(F)F)cc1. The van der Waals surface area contributed by atoms with Crippen molar-refractivity contribution in [1.82, 2.24) is 10.0 Å². The number of nitrogens with one attached hydrogen (secondary N) is 2. The van der Waals surface area contributed by atoms with Crippen LogP contribution in [-0.2, 0) is 20.9 Å². The summed E-state index contributed by atoms with van der Waals surface area (Å²) >= 11 is 0. The topological polar surface area (TPSA) is 67.4 Å². The van der Waals surface area contributed by atoms with Crippen molar-refractivity contribution in [2.45, 2.75) is 49.2 Å². The lowest BCUT2D eigenvalue weighted by molar-refractivity contribution is -0.137. The third kappa shape index (κ3) is 6.86. The lowest BCUT2D eigenvalue weighted by Gasteiger charge is -2.22. The van der Waals surface area contributed by atoms with Crippen LogP contribution in [0.25, 0.3) is 0 Å². The van der Waals surface area contributed by atoms with E-state index in [1.165, 1.54) is 32.1 Å². The molecule has 0 heterocycles. The van der Waals surface area contributed by atoms with Crippen molar-refractivity contribution < 1.29 is 26.3 Å². The number of hydrogen-bond acceptors (Lipinski definition) is 4. The molecule has 0 spiro atoms. The van der Waals surface area contributed by atoms with Crippen LogP contribution >= 0.6 is 0 Å². The maximum absolute atomic E-state index is 12.5. The average molecular weight is 394 g/mol. The highest BCUT2D eigenvalue weighted by molar-refractivity contribution is 7.89. The second-order valence-corrected chi connectivity index (χ2v) is 8.09. The van der Waals surface area contributed by atoms with E-state index in [1.807, 2.05) is 0 Å². The van der Waals surface area contributed by atoms with Crippen LogP contribution in [-0.4, -0.2) is 40.8 Å². The Hall–Kier alpha value is -1.16. The first-order valence-corrected chi connectivity index (χ1v) is 10.3. The Kier molecular flexibility index (Phi) is 7.87. The Balaban J connectivity index is 1.64. The zero-order valence-electron chi connectivity index (χ0n) is 14.5. The summed E-state index contributed by atoms with van der Waals surface area (Å²) in [5, 5.41) is 3.42. The molecule has 0 unspecified atom stereocenters. The van der Waals surface area contributed by atoms with Crippen LogP contribution in [0.5, 0.6) is 0 Å². The van der Waals surface area contributed by atoms with Gasteiger partial charge in [0.15, 0.2) is 0 Å². The number of alkyl halides is 3. The normalized spacial score (nSPS) is 16.7. The van der Waals surface area contributed by atoms with E-state index in [0.717, 1.165) is 30.8 Å². The molecular weight excluding hydrogens is 369 g/mol. The van der Waals surface area contributed by atoms with Crippen molar-refractivity contribution in [2.75, 3.05) is 26.3 Å². The molecule has 1 aliphatic rings. The zero-order valence-corrected chi connectivity index (χ0v) is 15.3. The maximum Gasteiger partial charge on any atom is 0.416 e. The van der Waals surface area contributed by atoms with Crippen LogP contribution in [0.2, 0.25) is 0 Å². The molecular formula is C17H25F3N2O3S. The summed E-state index contributed by atoms with van der Waals surface area (Å²) in [5.74, 6) is 0. The van der Waals surface area contributed by atoms with Crippen LogP contribution in [0.1, 0.15) is 37.7 Å². The Morgan fingerprint density at radius 3 is 2.23 bits per heavy atom. The third-order valence-electron chi connectivity index (χ3n) is 4.32. The number of halogens is 3. The van der Waals surface area contributed by atoms with Gasteiger partial charge < -0.3 is 10.1 Å². The van der Waals surface area contributed by atoms with Gasteiger partial charge in [0.2, 0.25) is 10.0 Å². The van der Waals surface area contributed by atoms with E-state index in [1.54, 1.807) is 0 Å². The molecule has 1 fully saturated rings. The second-order valence-electron chi connectivity index (χ2n) is 6.32. The zero-order chi connectivity index (χ0) is 19.0. The highest BCUT2D eigenvalue weighted by atomic mass is 32.2. The fourth-order valence-corrected chi connectivity index (χ4v) is 3.91. The first-order chi connectivity index (χ1) is 12.3. The van der Waals surface area contributed by atoms with Crippen molar-refractivity contribution in [1.29, 1.82) is 0 Å². The van der Waals surface area contributed by atoms with Gasteiger partial charge in [0.05, 0.1) is 23.7 Å². The smallest absolute Gasteiger partial charge is 0.379 e. The highest BCUT2D eigenvalue weighted by Crippen LogP contribution is 2.29. The van der Waals surface area contributed by atoms with Crippen molar-refractivity contribution >= 4 is 10.0 Å². The molecule has 1 aliphatic carbocycles. The summed E-state index contributed by atoms with van der Waals surface area (Å²) in [6, 6.07) is 3.94. The number of benzene rings is 1. The van der Waals surface area contributed by atoms with Gasteiger partial charge in [0.25, 0.3) is 0 Å². The fourth-order valence-electron chi connectivity index (χ4n) is 2.90. The summed E-state index contributed by atoms with van der Waals surface area (Å²) in [6.07, 6.45) is 1.69. The van der Waals surface area contributed by atoms with E-state index in [2.05, 4.69) is 10.0 Å². The maximum atomic E-state index is 12.5. The third-order valence-corrected chi connectivity index (χ3v) is 5.79. The van der Waals surface area contributed by atoms with E-state index in [-0.39, 0.29) is 18.0 Å². The van der Waals surface area contributed by atoms with Crippen molar-refractivity contribution in [2.24, 2.45) is 0 Å². The first kappa shape index (κ1) is 21.1. The van der Waals surface area contributed by atoms with E-state index in [0.29, 0.717) is 12.6 Å². The molecule has 148 valence electrons. The minimum absolute atomic E-state index is 0.0623. The standard InChI is InChI=1S/C17H25F3N2O3S/c18-17(19,20)14-6-8-16(9-7-14)26(23,24)22-11-13-25-12-10-21-15-4-2-1-3-5-15/h6-9,15,21-22H,1-5,10-13H2.